The average molecular weight is 287 g/mol. The first-order chi connectivity index (χ1) is 9.65. The van der Waals surface area contributed by atoms with Crippen molar-refractivity contribution in [3.63, 3.8) is 0 Å². The molecular weight excluding hydrogens is 266 g/mol. The number of hydrogen-bond acceptors (Lipinski definition) is 4. The van der Waals surface area contributed by atoms with E-state index in [-0.39, 0.29) is 0 Å². The summed E-state index contributed by atoms with van der Waals surface area (Å²) in [7, 11) is 0. The molecule has 1 N–H and O–H groups in total. The number of nitrogens with zero attached hydrogens (tertiary/aromatic N) is 2. The molecule has 20 heavy (non-hydrogen) atoms. The minimum absolute atomic E-state index is 0.789. The molecule has 0 amide bonds. The van der Waals surface area contributed by atoms with Crippen LogP contribution in [0.15, 0.2) is 29.2 Å². The van der Waals surface area contributed by atoms with Gasteiger partial charge in [0.1, 0.15) is 5.82 Å². The van der Waals surface area contributed by atoms with E-state index in [4.69, 9.17) is 0 Å². The van der Waals surface area contributed by atoms with Crippen molar-refractivity contribution in [2.45, 2.75) is 32.6 Å². The van der Waals surface area contributed by atoms with Gasteiger partial charge in [-0.15, -0.1) is 11.8 Å². The van der Waals surface area contributed by atoms with Crippen molar-refractivity contribution in [3.8, 4) is 11.4 Å². The number of thioether (sulfide) groups is 1. The molecule has 0 fully saturated rings. The molecule has 0 bridgehead atoms. The van der Waals surface area contributed by atoms with Gasteiger partial charge in [-0.05, 0) is 38.7 Å². The first-order valence-corrected chi connectivity index (χ1v) is 7.96. The van der Waals surface area contributed by atoms with E-state index in [0.29, 0.717) is 0 Å². The minimum Gasteiger partial charge on any atom is -0.370 e. The zero-order valence-corrected chi connectivity index (χ0v) is 13.3. The van der Waals surface area contributed by atoms with E-state index in [1.807, 2.05) is 18.7 Å². The largest absolute Gasteiger partial charge is 0.370 e. The molecule has 1 aromatic heterocycles. The van der Waals surface area contributed by atoms with Crippen LogP contribution in [0.2, 0.25) is 0 Å². The van der Waals surface area contributed by atoms with E-state index in [1.54, 1.807) is 0 Å². The van der Waals surface area contributed by atoms with E-state index < -0.39 is 0 Å². The second-order valence-corrected chi connectivity index (χ2v) is 5.93. The highest BCUT2D eigenvalue weighted by Gasteiger charge is 2.09. The summed E-state index contributed by atoms with van der Waals surface area (Å²) in [5.74, 6) is 2.81. The Hall–Kier alpha value is -1.55. The molecular formula is C16H21N3S. The third kappa shape index (κ3) is 3.31. The Morgan fingerprint density at radius 3 is 2.35 bits per heavy atom. The summed E-state index contributed by atoms with van der Waals surface area (Å²) in [5, 5.41) is 3.30. The SMILES string of the molecule is CCNc1nc(-c2ccc(SCC)cc2)nc(C)c1C. The van der Waals surface area contributed by atoms with Crippen LogP contribution in [0.1, 0.15) is 25.1 Å². The van der Waals surface area contributed by atoms with Crippen LogP contribution in [0.3, 0.4) is 0 Å². The van der Waals surface area contributed by atoms with Crippen molar-refractivity contribution in [1.82, 2.24) is 9.97 Å². The van der Waals surface area contributed by atoms with Crippen LogP contribution in [0.5, 0.6) is 0 Å². The number of anilines is 1. The first kappa shape index (κ1) is 14.9. The van der Waals surface area contributed by atoms with Gasteiger partial charge in [0.05, 0.1) is 0 Å². The zero-order chi connectivity index (χ0) is 14.5. The Morgan fingerprint density at radius 2 is 1.75 bits per heavy atom. The summed E-state index contributed by atoms with van der Waals surface area (Å²) >= 11 is 1.84. The highest BCUT2D eigenvalue weighted by molar-refractivity contribution is 7.99. The van der Waals surface area contributed by atoms with Crippen molar-refractivity contribution >= 4 is 17.6 Å². The van der Waals surface area contributed by atoms with E-state index in [0.717, 1.165) is 40.8 Å². The van der Waals surface area contributed by atoms with E-state index in [9.17, 15) is 0 Å². The fraction of sp³-hybridized carbons (Fsp3) is 0.375. The number of aryl methyl sites for hydroxylation is 1. The van der Waals surface area contributed by atoms with E-state index in [1.165, 1.54) is 4.90 Å². The lowest BCUT2D eigenvalue weighted by Gasteiger charge is -2.11. The smallest absolute Gasteiger partial charge is 0.161 e. The third-order valence-electron chi connectivity index (χ3n) is 3.16. The van der Waals surface area contributed by atoms with Crippen molar-refractivity contribution in [3.05, 3.63) is 35.5 Å². The third-order valence-corrected chi connectivity index (χ3v) is 4.05. The molecule has 0 radical (unpaired) electrons. The van der Waals surface area contributed by atoms with Gasteiger partial charge in [-0.25, -0.2) is 9.97 Å². The number of hydrogen-bond donors (Lipinski definition) is 1. The van der Waals surface area contributed by atoms with Gasteiger partial charge in [-0.2, -0.15) is 0 Å². The van der Waals surface area contributed by atoms with E-state index in [2.05, 4.69) is 60.3 Å². The topological polar surface area (TPSA) is 37.8 Å². The highest BCUT2D eigenvalue weighted by atomic mass is 32.2. The molecule has 2 rings (SSSR count). The molecule has 0 aliphatic rings. The summed E-state index contributed by atoms with van der Waals surface area (Å²) in [6.45, 7) is 9.19. The Labute approximate surface area is 125 Å². The van der Waals surface area contributed by atoms with Gasteiger partial charge in [0.2, 0.25) is 0 Å². The van der Waals surface area contributed by atoms with Crippen molar-refractivity contribution in [2.24, 2.45) is 0 Å². The Morgan fingerprint density at radius 1 is 1.05 bits per heavy atom. The van der Waals surface area contributed by atoms with Crippen LogP contribution in [0, 0.1) is 13.8 Å². The Kier molecular flexibility index (Phi) is 5.01. The van der Waals surface area contributed by atoms with Crippen LogP contribution in [0.25, 0.3) is 11.4 Å². The number of rotatable bonds is 5. The monoisotopic (exact) mass is 287 g/mol. The molecule has 0 atom stereocenters. The number of benzene rings is 1. The first-order valence-electron chi connectivity index (χ1n) is 6.98. The van der Waals surface area contributed by atoms with Crippen LogP contribution in [0.4, 0.5) is 5.82 Å². The second-order valence-electron chi connectivity index (χ2n) is 4.59. The van der Waals surface area contributed by atoms with E-state index >= 15 is 0 Å². The fourth-order valence-corrected chi connectivity index (χ4v) is 2.63. The molecule has 3 nitrogen and oxygen atoms in total. The summed E-state index contributed by atoms with van der Waals surface area (Å²) in [6.07, 6.45) is 0. The highest BCUT2D eigenvalue weighted by Crippen LogP contribution is 2.24. The fourth-order valence-electron chi connectivity index (χ4n) is 1.96. The minimum atomic E-state index is 0.789. The molecule has 0 aliphatic heterocycles. The normalized spacial score (nSPS) is 10.6. The van der Waals surface area contributed by atoms with Gasteiger partial charge in [0, 0.05) is 28.3 Å². The lowest BCUT2D eigenvalue weighted by Crippen LogP contribution is -2.06. The average Bonchev–Trinajstić information content (AvgIpc) is 2.45. The predicted molar refractivity (Wildman–Crippen MR) is 87.5 cm³/mol. The maximum atomic E-state index is 4.64. The molecule has 0 unspecified atom stereocenters. The van der Waals surface area contributed by atoms with Crippen LogP contribution in [-0.4, -0.2) is 22.3 Å². The molecule has 1 heterocycles. The summed E-state index contributed by atoms with van der Waals surface area (Å²) in [5.41, 5.74) is 3.21. The molecule has 2 aromatic rings. The van der Waals surface area contributed by atoms with Gasteiger partial charge in [0.25, 0.3) is 0 Å². The standard InChI is InChI=1S/C16H21N3S/c1-5-17-15-11(3)12(4)18-16(19-15)13-7-9-14(10-8-13)20-6-2/h7-10H,5-6H2,1-4H3,(H,17,18,19). The molecule has 0 saturated heterocycles. The van der Waals surface area contributed by atoms with Gasteiger partial charge < -0.3 is 5.32 Å². The molecule has 1 aromatic carbocycles. The van der Waals surface area contributed by atoms with Gasteiger partial charge >= 0.3 is 0 Å². The molecule has 4 heteroatoms. The van der Waals surface area contributed by atoms with Crippen molar-refractivity contribution in [1.29, 1.82) is 0 Å². The lowest BCUT2D eigenvalue weighted by atomic mass is 10.2. The van der Waals surface area contributed by atoms with Crippen molar-refractivity contribution < 1.29 is 0 Å². The van der Waals surface area contributed by atoms with Gasteiger partial charge in [0.15, 0.2) is 5.82 Å². The van der Waals surface area contributed by atoms with Crippen molar-refractivity contribution in [2.75, 3.05) is 17.6 Å². The molecule has 0 spiro atoms. The second kappa shape index (κ2) is 6.75. The van der Waals surface area contributed by atoms with Crippen LogP contribution < -0.4 is 5.32 Å². The van der Waals surface area contributed by atoms with Crippen LogP contribution >= 0.6 is 11.8 Å². The predicted octanol–water partition coefficient (Wildman–Crippen LogP) is 4.30. The summed E-state index contributed by atoms with van der Waals surface area (Å²) in [4.78, 5) is 10.5. The van der Waals surface area contributed by atoms with Crippen LogP contribution in [-0.2, 0) is 0 Å². The summed E-state index contributed by atoms with van der Waals surface area (Å²) in [6, 6.07) is 8.46. The molecule has 0 aliphatic carbocycles. The lowest BCUT2D eigenvalue weighted by molar-refractivity contribution is 1.05. The number of nitrogens with one attached hydrogen (secondary N) is 1. The summed E-state index contributed by atoms with van der Waals surface area (Å²) < 4.78 is 0. The maximum Gasteiger partial charge on any atom is 0.161 e. The quantitative estimate of drug-likeness (QED) is 0.832. The Balaban J connectivity index is 2.36. The van der Waals surface area contributed by atoms with Gasteiger partial charge in [-0.1, -0.05) is 19.1 Å². The van der Waals surface area contributed by atoms with Gasteiger partial charge in [-0.3, -0.25) is 0 Å². The molecule has 0 saturated carbocycles. The zero-order valence-electron chi connectivity index (χ0n) is 12.5. The molecule has 106 valence electrons. The maximum absolute atomic E-state index is 4.64. The number of aromatic nitrogens is 2. The Bertz CT molecular complexity index is 579.